The molecule has 0 aliphatic carbocycles. The maximum absolute atomic E-state index is 12.1. The number of rotatable bonds is 6. The van der Waals surface area contributed by atoms with Crippen LogP contribution in [0.3, 0.4) is 0 Å². The molecule has 1 atom stereocenters. The monoisotopic (exact) mass is 401 g/mol. The zero-order valence-corrected chi connectivity index (χ0v) is 16.7. The Hall–Kier alpha value is -3.54. The minimum atomic E-state index is -0.971. The smallest absolute Gasteiger partial charge is 0.433 e. The van der Waals surface area contributed by atoms with Crippen LogP contribution in [0.2, 0.25) is 0 Å². The van der Waals surface area contributed by atoms with Crippen LogP contribution in [0.1, 0.15) is 45.7 Å². The van der Waals surface area contributed by atoms with Crippen LogP contribution in [0.5, 0.6) is 0 Å². The number of nitriles is 1. The Morgan fingerprint density at radius 3 is 2.38 bits per heavy atom. The molecule has 154 valence electrons. The topological polar surface area (TPSA) is 120 Å². The molecule has 9 nitrogen and oxygen atoms in total. The highest BCUT2D eigenvalue weighted by Gasteiger charge is 2.36. The van der Waals surface area contributed by atoms with Gasteiger partial charge in [-0.15, -0.1) is 0 Å². The molecule has 0 bridgehead atoms. The van der Waals surface area contributed by atoms with Gasteiger partial charge >= 0.3 is 12.3 Å². The molecule has 1 unspecified atom stereocenters. The number of aromatic nitrogens is 1. The third-order valence-electron chi connectivity index (χ3n) is 3.77. The SMILES string of the molecule is CC1=C(OC(=O)OCCC#N)C(c2ccccn2)C(OC(=O)OC(C)C)=C(C)N1. The van der Waals surface area contributed by atoms with Crippen molar-refractivity contribution in [3.8, 4) is 6.07 Å². The third-order valence-corrected chi connectivity index (χ3v) is 3.77. The zero-order valence-electron chi connectivity index (χ0n) is 16.7. The first-order valence-corrected chi connectivity index (χ1v) is 9.03. The van der Waals surface area contributed by atoms with Gasteiger partial charge in [-0.3, -0.25) is 4.98 Å². The number of nitrogens with zero attached hydrogens (tertiary/aromatic N) is 2. The standard InChI is InChI=1S/C20H23N3O6/c1-12(2)27-20(25)29-18-14(4)23-13(3)17(28-19(24)26-11-7-9-21)16(18)15-8-5-6-10-22-15/h5-6,8,10,12,16,23H,7,11H2,1-4H3. The second-order valence-electron chi connectivity index (χ2n) is 6.42. The summed E-state index contributed by atoms with van der Waals surface area (Å²) in [7, 11) is 0. The van der Waals surface area contributed by atoms with Crippen LogP contribution in [0.4, 0.5) is 9.59 Å². The number of allylic oxidation sites excluding steroid dienone is 2. The summed E-state index contributed by atoms with van der Waals surface area (Å²) < 4.78 is 20.8. The number of hydrogen-bond acceptors (Lipinski definition) is 9. The Balaban J connectivity index is 2.35. The second kappa shape index (κ2) is 10.1. The van der Waals surface area contributed by atoms with Crippen molar-refractivity contribution in [3.63, 3.8) is 0 Å². The molecule has 0 spiro atoms. The average molecular weight is 401 g/mol. The van der Waals surface area contributed by atoms with Gasteiger partial charge < -0.3 is 24.3 Å². The van der Waals surface area contributed by atoms with Crippen LogP contribution in [-0.2, 0) is 18.9 Å². The van der Waals surface area contributed by atoms with Crippen LogP contribution in [0.15, 0.2) is 47.3 Å². The minimum Gasteiger partial charge on any atom is -0.433 e. The first-order chi connectivity index (χ1) is 13.8. The second-order valence-corrected chi connectivity index (χ2v) is 6.42. The number of dihydropyridines is 1. The number of carbonyl (C=O) groups is 2. The minimum absolute atomic E-state index is 0.0451. The number of pyridine rings is 1. The molecule has 0 saturated carbocycles. The van der Waals surface area contributed by atoms with Gasteiger partial charge in [0.15, 0.2) is 0 Å². The van der Waals surface area contributed by atoms with Gasteiger partial charge in [0, 0.05) is 6.20 Å². The molecule has 0 fully saturated rings. The Morgan fingerprint density at radius 1 is 1.17 bits per heavy atom. The van der Waals surface area contributed by atoms with Crippen LogP contribution in [0.25, 0.3) is 0 Å². The van der Waals surface area contributed by atoms with Crippen LogP contribution in [-0.4, -0.2) is 30.0 Å². The molecule has 29 heavy (non-hydrogen) atoms. The average Bonchev–Trinajstić information content (AvgIpc) is 2.66. The van der Waals surface area contributed by atoms with Crippen molar-refractivity contribution in [2.75, 3.05) is 6.61 Å². The van der Waals surface area contributed by atoms with E-state index in [1.54, 1.807) is 52.1 Å². The number of hydrogen-bond donors (Lipinski definition) is 1. The Bertz CT molecular complexity index is 855. The van der Waals surface area contributed by atoms with Crippen molar-refractivity contribution >= 4 is 12.3 Å². The fraction of sp³-hybridized carbons (Fsp3) is 0.400. The summed E-state index contributed by atoms with van der Waals surface area (Å²) in [6.45, 7) is 6.74. The fourth-order valence-corrected chi connectivity index (χ4v) is 2.65. The molecule has 0 saturated heterocycles. The Morgan fingerprint density at radius 2 is 1.83 bits per heavy atom. The van der Waals surface area contributed by atoms with E-state index in [0.29, 0.717) is 17.1 Å². The van der Waals surface area contributed by atoms with E-state index < -0.39 is 18.2 Å². The van der Waals surface area contributed by atoms with E-state index in [-0.39, 0.29) is 30.6 Å². The third kappa shape index (κ3) is 5.97. The van der Waals surface area contributed by atoms with Gasteiger partial charge in [-0.2, -0.15) is 5.26 Å². The largest absolute Gasteiger partial charge is 0.513 e. The molecule has 1 aromatic rings. The molecule has 0 amide bonds. The predicted molar refractivity (Wildman–Crippen MR) is 101 cm³/mol. The van der Waals surface area contributed by atoms with E-state index in [2.05, 4.69) is 10.3 Å². The molecule has 1 N–H and O–H groups in total. The molecule has 2 heterocycles. The van der Waals surface area contributed by atoms with Gasteiger partial charge in [-0.05, 0) is 39.8 Å². The molecule has 1 aromatic heterocycles. The quantitative estimate of drug-likeness (QED) is 0.559. The first-order valence-electron chi connectivity index (χ1n) is 9.03. The van der Waals surface area contributed by atoms with Gasteiger partial charge in [0.05, 0.1) is 35.7 Å². The first kappa shape index (κ1) is 21.8. The molecular formula is C20H23N3O6. The van der Waals surface area contributed by atoms with Crippen molar-refractivity contribution in [2.24, 2.45) is 0 Å². The molecule has 1 aliphatic rings. The molecule has 2 rings (SSSR count). The summed E-state index contributed by atoms with van der Waals surface area (Å²) in [6, 6.07) is 7.10. The van der Waals surface area contributed by atoms with Gasteiger partial charge in [0.1, 0.15) is 24.0 Å². The Kier molecular flexibility index (Phi) is 7.60. The van der Waals surface area contributed by atoms with Gasteiger partial charge in [-0.1, -0.05) is 6.07 Å². The highest BCUT2D eigenvalue weighted by Crippen LogP contribution is 2.38. The van der Waals surface area contributed by atoms with E-state index in [0.717, 1.165) is 0 Å². The van der Waals surface area contributed by atoms with E-state index in [9.17, 15) is 9.59 Å². The highest BCUT2D eigenvalue weighted by atomic mass is 16.7. The summed E-state index contributed by atoms with van der Waals surface area (Å²) in [5, 5.41) is 11.6. The van der Waals surface area contributed by atoms with Crippen molar-refractivity contribution in [2.45, 2.75) is 46.1 Å². The fourth-order valence-electron chi connectivity index (χ4n) is 2.65. The van der Waals surface area contributed by atoms with E-state index in [1.807, 2.05) is 6.07 Å². The molecule has 9 heteroatoms. The van der Waals surface area contributed by atoms with Crippen molar-refractivity contribution in [1.82, 2.24) is 10.3 Å². The lowest BCUT2D eigenvalue weighted by Gasteiger charge is -2.29. The van der Waals surface area contributed by atoms with E-state index >= 15 is 0 Å². The van der Waals surface area contributed by atoms with E-state index in [4.69, 9.17) is 24.2 Å². The zero-order chi connectivity index (χ0) is 21.4. The number of ether oxygens (including phenoxy) is 4. The van der Waals surface area contributed by atoms with E-state index in [1.165, 1.54) is 0 Å². The lowest BCUT2D eigenvalue weighted by Crippen LogP contribution is -2.30. The van der Waals surface area contributed by atoms with Crippen molar-refractivity contribution < 1.29 is 28.5 Å². The summed E-state index contributed by atoms with van der Waals surface area (Å²) in [5.41, 5.74) is 1.57. The van der Waals surface area contributed by atoms with Gasteiger partial charge in [-0.25, -0.2) is 9.59 Å². The van der Waals surface area contributed by atoms with Gasteiger partial charge in [0.25, 0.3) is 0 Å². The summed E-state index contributed by atoms with van der Waals surface area (Å²) in [5.74, 6) is -0.413. The highest BCUT2D eigenvalue weighted by molar-refractivity contribution is 5.65. The normalized spacial score (nSPS) is 16.1. The van der Waals surface area contributed by atoms with Crippen LogP contribution < -0.4 is 5.32 Å². The van der Waals surface area contributed by atoms with Gasteiger partial charge in [0.2, 0.25) is 0 Å². The molecule has 0 aromatic carbocycles. The molecule has 0 radical (unpaired) electrons. The number of carbonyl (C=O) groups excluding carboxylic acids is 2. The summed E-state index contributed by atoms with van der Waals surface area (Å²) in [4.78, 5) is 28.5. The predicted octanol–water partition coefficient (Wildman–Crippen LogP) is 3.86. The lowest BCUT2D eigenvalue weighted by atomic mass is 9.94. The van der Waals surface area contributed by atoms with Crippen LogP contribution >= 0.6 is 0 Å². The molecule has 1 aliphatic heterocycles. The Labute approximate surface area is 168 Å². The maximum Gasteiger partial charge on any atom is 0.513 e. The maximum atomic E-state index is 12.1. The van der Waals surface area contributed by atoms with Crippen molar-refractivity contribution in [3.05, 3.63) is 53.0 Å². The number of nitrogens with one attached hydrogen (secondary N) is 1. The lowest BCUT2D eigenvalue weighted by molar-refractivity contribution is 0.0455. The summed E-state index contributed by atoms with van der Waals surface area (Å²) >= 11 is 0. The molecular weight excluding hydrogens is 378 g/mol. The van der Waals surface area contributed by atoms with Crippen molar-refractivity contribution in [1.29, 1.82) is 5.26 Å². The van der Waals surface area contributed by atoms with Crippen LogP contribution in [0, 0.1) is 11.3 Å². The summed E-state index contributed by atoms with van der Waals surface area (Å²) in [6.07, 6.45) is -0.594.